The number of nitrogens with zero attached hydrogens (tertiary/aromatic N) is 1. The van der Waals surface area contributed by atoms with Gasteiger partial charge in [0, 0.05) is 12.3 Å². The van der Waals surface area contributed by atoms with Crippen LogP contribution in [0.4, 0.5) is 0 Å². The fourth-order valence-electron chi connectivity index (χ4n) is 0.842. The van der Waals surface area contributed by atoms with Crippen LogP contribution in [0, 0.1) is 6.92 Å². The lowest BCUT2D eigenvalue weighted by Crippen LogP contribution is -1.96. The van der Waals surface area contributed by atoms with Crippen LogP contribution in [-0.2, 0) is 0 Å². The molecule has 0 fully saturated rings. The molecule has 0 rings (SSSR count). The van der Waals surface area contributed by atoms with Crippen LogP contribution in [0.5, 0.6) is 0 Å². The molecule has 0 amide bonds. The molecule has 0 bridgehead atoms. The summed E-state index contributed by atoms with van der Waals surface area (Å²) >= 11 is 0. The standard InChI is InChI=1S/C9H18N/c1-4-7-9(6-3)10-8-5-2/h3-8H2,1-2H3/b10-9-. The van der Waals surface area contributed by atoms with Crippen molar-refractivity contribution in [2.24, 2.45) is 4.99 Å². The van der Waals surface area contributed by atoms with E-state index in [-0.39, 0.29) is 0 Å². The molecule has 0 N–H and O–H groups in total. The second-order valence-corrected chi connectivity index (χ2v) is 2.45. The number of hydrogen-bond acceptors (Lipinski definition) is 1. The van der Waals surface area contributed by atoms with Gasteiger partial charge in [0.25, 0.3) is 0 Å². The van der Waals surface area contributed by atoms with Gasteiger partial charge >= 0.3 is 0 Å². The van der Waals surface area contributed by atoms with E-state index in [4.69, 9.17) is 0 Å². The summed E-state index contributed by atoms with van der Waals surface area (Å²) in [4.78, 5) is 4.40. The Morgan fingerprint density at radius 3 is 2.40 bits per heavy atom. The maximum absolute atomic E-state index is 4.40. The Hall–Kier alpha value is -0.330. The summed E-state index contributed by atoms with van der Waals surface area (Å²) in [5.74, 6) is 0. The van der Waals surface area contributed by atoms with Gasteiger partial charge in [0.15, 0.2) is 0 Å². The van der Waals surface area contributed by atoms with Crippen molar-refractivity contribution in [2.45, 2.75) is 39.5 Å². The predicted octanol–water partition coefficient (Wildman–Crippen LogP) is 2.86. The molecule has 0 saturated heterocycles. The van der Waals surface area contributed by atoms with Gasteiger partial charge in [-0.2, -0.15) is 0 Å². The average molecular weight is 140 g/mol. The summed E-state index contributed by atoms with van der Waals surface area (Å²) in [5.41, 5.74) is 1.28. The highest BCUT2D eigenvalue weighted by Gasteiger charge is 1.91. The van der Waals surface area contributed by atoms with E-state index in [2.05, 4.69) is 25.8 Å². The third-order valence-electron chi connectivity index (χ3n) is 1.39. The number of aliphatic imine (C=N–C) groups is 1. The first-order chi connectivity index (χ1) is 4.85. The van der Waals surface area contributed by atoms with Gasteiger partial charge in [-0.05, 0) is 26.2 Å². The third-order valence-corrected chi connectivity index (χ3v) is 1.39. The van der Waals surface area contributed by atoms with Crippen molar-refractivity contribution >= 4 is 5.71 Å². The predicted molar refractivity (Wildman–Crippen MR) is 47.5 cm³/mol. The van der Waals surface area contributed by atoms with Crippen LogP contribution in [0.25, 0.3) is 0 Å². The zero-order chi connectivity index (χ0) is 7.82. The van der Waals surface area contributed by atoms with Gasteiger partial charge in [0.1, 0.15) is 0 Å². The minimum absolute atomic E-state index is 0.883. The Balaban J connectivity index is 3.55. The lowest BCUT2D eigenvalue weighted by Gasteiger charge is -1.99. The molecule has 0 atom stereocenters. The van der Waals surface area contributed by atoms with Crippen molar-refractivity contribution in [1.29, 1.82) is 0 Å². The van der Waals surface area contributed by atoms with Crippen LogP contribution in [0.1, 0.15) is 39.5 Å². The summed E-state index contributed by atoms with van der Waals surface area (Å²) in [6.45, 7) is 9.13. The molecule has 0 aromatic rings. The van der Waals surface area contributed by atoms with Crippen LogP contribution < -0.4 is 0 Å². The molecule has 0 aliphatic carbocycles. The summed E-state index contributed by atoms with van der Waals surface area (Å²) in [5, 5.41) is 0. The zero-order valence-corrected chi connectivity index (χ0v) is 7.19. The normalized spacial score (nSPS) is 12.1. The van der Waals surface area contributed by atoms with Crippen LogP contribution in [0.2, 0.25) is 0 Å². The van der Waals surface area contributed by atoms with E-state index in [1.165, 1.54) is 12.1 Å². The van der Waals surface area contributed by atoms with Gasteiger partial charge < -0.3 is 0 Å². The maximum atomic E-state index is 4.40. The first kappa shape index (κ1) is 9.67. The van der Waals surface area contributed by atoms with Crippen LogP contribution in [0.3, 0.4) is 0 Å². The first-order valence-corrected chi connectivity index (χ1v) is 4.16. The van der Waals surface area contributed by atoms with E-state index in [1.54, 1.807) is 0 Å². The maximum Gasteiger partial charge on any atom is 0.0386 e. The monoisotopic (exact) mass is 140 g/mol. The Morgan fingerprint density at radius 1 is 1.30 bits per heavy atom. The first-order valence-electron chi connectivity index (χ1n) is 4.16. The van der Waals surface area contributed by atoms with E-state index in [0.717, 1.165) is 25.8 Å². The minimum atomic E-state index is 0.883. The van der Waals surface area contributed by atoms with Crippen LogP contribution >= 0.6 is 0 Å². The molecule has 1 nitrogen and oxygen atoms in total. The lowest BCUT2D eigenvalue weighted by molar-refractivity contribution is 0.901. The molecule has 1 heteroatoms. The lowest BCUT2D eigenvalue weighted by atomic mass is 10.2. The van der Waals surface area contributed by atoms with Gasteiger partial charge in [-0.3, -0.25) is 4.99 Å². The van der Waals surface area contributed by atoms with E-state index < -0.39 is 0 Å². The molecule has 0 unspecified atom stereocenters. The molecule has 0 aromatic heterocycles. The molecule has 1 radical (unpaired) electrons. The molecular weight excluding hydrogens is 122 g/mol. The highest BCUT2D eigenvalue weighted by molar-refractivity contribution is 5.84. The Bertz CT molecular complexity index is 94.9. The number of rotatable bonds is 5. The Morgan fingerprint density at radius 2 is 2.00 bits per heavy atom. The number of hydrogen-bond donors (Lipinski definition) is 0. The van der Waals surface area contributed by atoms with Gasteiger partial charge in [0.05, 0.1) is 0 Å². The SMILES string of the molecule is [CH2]C/C(CCC)=N/CCC. The van der Waals surface area contributed by atoms with Crippen molar-refractivity contribution in [3.63, 3.8) is 0 Å². The molecule has 59 valence electrons. The smallest absolute Gasteiger partial charge is 0.0386 e. The van der Waals surface area contributed by atoms with E-state index >= 15 is 0 Å². The van der Waals surface area contributed by atoms with E-state index in [0.29, 0.717) is 0 Å². The molecule has 0 spiro atoms. The highest BCUT2D eigenvalue weighted by atomic mass is 14.7. The molecule has 0 aliphatic heterocycles. The topological polar surface area (TPSA) is 12.4 Å². The minimum Gasteiger partial charge on any atom is -0.294 e. The van der Waals surface area contributed by atoms with E-state index in [9.17, 15) is 0 Å². The largest absolute Gasteiger partial charge is 0.294 e. The van der Waals surface area contributed by atoms with Crippen LogP contribution in [-0.4, -0.2) is 12.3 Å². The second kappa shape index (κ2) is 6.79. The summed E-state index contributed by atoms with van der Waals surface area (Å²) in [6.07, 6.45) is 4.35. The average Bonchev–Trinajstić information content (AvgIpc) is 1.98. The summed E-state index contributed by atoms with van der Waals surface area (Å²) < 4.78 is 0. The molecule has 0 saturated carbocycles. The van der Waals surface area contributed by atoms with Crippen molar-refractivity contribution in [1.82, 2.24) is 0 Å². The zero-order valence-electron chi connectivity index (χ0n) is 7.19. The van der Waals surface area contributed by atoms with E-state index in [1.807, 2.05) is 0 Å². The van der Waals surface area contributed by atoms with Gasteiger partial charge in [-0.1, -0.05) is 20.3 Å². The fourth-order valence-corrected chi connectivity index (χ4v) is 0.842. The van der Waals surface area contributed by atoms with Crippen molar-refractivity contribution in [3.8, 4) is 0 Å². The molecule has 0 heterocycles. The molecular formula is C9H18N. The van der Waals surface area contributed by atoms with Crippen molar-refractivity contribution < 1.29 is 0 Å². The van der Waals surface area contributed by atoms with Crippen LogP contribution in [0.15, 0.2) is 4.99 Å². The third kappa shape index (κ3) is 4.54. The molecule has 0 aliphatic rings. The Kier molecular flexibility index (Phi) is 6.56. The summed E-state index contributed by atoms with van der Waals surface area (Å²) in [7, 11) is 0. The quantitative estimate of drug-likeness (QED) is 0.521. The van der Waals surface area contributed by atoms with Gasteiger partial charge in [0.2, 0.25) is 0 Å². The van der Waals surface area contributed by atoms with Gasteiger partial charge in [-0.15, -0.1) is 0 Å². The molecule has 10 heavy (non-hydrogen) atoms. The Labute approximate surface area is 64.6 Å². The summed E-state index contributed by atoms with van der Waals surface area (Å²) in [6, 6.07) is 0. The van der Waals surface area contributed by atoms with Gasteiger partial charge in [-0.25, -0.2) is 0 Å². The van der Waals surface area contributed by atoms with Crippen molar-refractivity contribution in [3.05, 3.63) is 6.92 Å². The van der Waals surface area contributed by atoms with Crippen molar-refractivity contribution in [2.75, 3.05) is 6.54 Å². The second-order valence-electron chi connectivity index (χ2n) is 2.45. The molecule has 0 aromatic carbocycles. The fraction of sp³-hybridized carbons (Fsp3) is 0.778. The highest BCUT2D eigenvalue weighted by Crippen LogP contribution is 1.96.